The van der Waals surface area contributed by atoms with Gasteiger partial charge in [-0.2, -0.15) is 0 Å². The van der Waals surface area contributed by atoms with Gasteiger partial charge in [0.2, 0.25) is 0 Å². The zero-order valence-corrected chi connectivity index (χ0v) is 15.1. The van der Waals surface area contributed by atoms with Gasteiger partial charge in [0.25, 0.3) is 0 Å². The molecule has 126 valence electrons. The number of rotatable bonds is 3. The molecule has 1 spiro atoms. The van der Waals surface area contributed by atoms with Crippen LogP contribution in [-0.2, 0) is 8.92 Å². The summed E-state index contributed by atoms with van der Waals surface area (Å²) in [6.07, 6.45) is 2.17. The molecule has 4 nitrogen and oxygen atoms in total. The molecule has 0 unspecified atom stereocenters. The summed E-state index contributed by atoms with van der Waals surface area (Å²) in [7, 11) is 0. The van der Waals surface area contributed by atoms with Gasteiger partial charge in [0.15, 0.2) is 0 Å². The third kappa shape index (κ3) is 4.01. The fourth-order valence-electron chi connectivity index (χ4n) is 3.17. The van der Waals surface area contributed by atoms with Crippen LogP contribution in [0.25, 0.3) is 0 Å². The highest BCUT2D eigenvalue weighted by atomic mass is 32.2. The average molecular weight is 335 g/mol. The standard InChI is InChI=1S/C18H25NO3S/c1-13-5-7-15(8-6-13)23-22-14-9-18(10-14)11-19(12-18)16(20)21-17(2,3)4/h5-8,14H,9-12H2,1-4H3. The summed E-state index contributed by atoms with van der Waals surface area (Å²) < 4.78 is 11.3. The lowest BCUT2D eigenvalue weighted by Crippen LogP contribution is -2.65. The van der Waals surface area contributed by atoms with Crippen molar-refractivity contribution < 1.29 is 13.7 Å². The lowest BCUT2D eigenvalue weighted by molar-refractivity contribution is -0.112. The quantitative estimate of drug-likeness (QED) is 0.767. The van der Waals surface area contributed by atoms with E-state index in [4.69, 9.17) is 8.92 Å². The predicted octanol–water partition coefficient (Wildman–Crippen LogP) is 4.42. The molecular weight excluding hydrogens is 310 g/mol. The third-order valence-electron chi connectivity index (χ3n) is 4.33. The molecule has 0 N–H and O–H groups in total. The molecular formula is C18H25NO3S. The summed E-state index contributed by atoms with van der Waals surface area (Å²) in [5.74, 6) is 0. The van der Waals surface area contributed by atoms with E-state index in [0.29, 0.717) is 6.10 Å². The Kier molecular flexibility index (Phi) is 4.36. The van der Waals surface area contributed by atoms with Crippen molar-refractivity contribution in [1.82, 2.24) is 4.90 Å². The molecule has 1 aromatic carbocycles. The van der Waals surface area contributed by atoms with Gasteiger partial charge >= 0.3 is 6.09 Å². The van der Waals surface area contributed by atoms with Crippen molar-refractivity contribution in [3.63, 3.8) is 0 Å². The van der Waals surface area contributed by atoms with Gasteiger partial charge in [-0.05, 0) is 52.7 Å². The van der Waals surface area contributed by atoms with E-state index in [0.717, 1.165) is 30.8 Å². The molecule has 0 atom stereocenters. The molecule has 0 radical (unpaired) electrons. The summed E-state index contributed by atoms with van der Waals surface area (Å²) in [6, 6.07) is 8.36. The van der Waals surface area contributed by atoms with E-state index in [1.807, 2.05) is 20.8 Å². The van der Waals surface area contributed by atoms with E-state index in [1.165, 1.54) is 17.6 Å². The van der Waals surface area contributed by atoms with Gasteiger partial charge < -0.3 is 13.8 Å². The van der Waals surface area contributed by atoms with Crippen molar-refractivity contribution in [2.24, 2.45) is 5.41 Å². The minimum absolute atomic E-state index is 0.193. The van der Waals surface area contributed by atoms with Crippen molar-refractivity contribution in [2.45, 2.75) is 57.1 Å². The van der Waals surface area contributed by atoms with E-state index >= 15 is 0 Å². The maximum atomic E-state index is 12.0. The molecule has 1 saturated carbocycles. The average Bonchev–Trinajstić information content (AvgIpc) is 2.35. The zero-order valence-electron chi connectivity index (χ0n) is 14.3. The van der Waals surface area contributed by atoms with Gasteiger partial charge in [-0.3, -0.25) is 0 Å². The molecule has 1 saturated heterocycles. The first-order chi connectivity index (χ1) is 10.7. The molecule has 1 aliphatic heterocycles. The summed E-state index contributed by atoms with van der Waals surface area (Å²) in [4.78, 5) is 14.9. The Morgan fingerprint density at radius 2 is 1.83 bits per heavy atom. The van der Waals surface area contributed by atoms with Gasteiger partial charge in [0.05, 0.1) is 6.10 Å². The largest absolute Gasteiger partial charge is 0.444 e. The van der Waals surface area contributed by atoms with Gasteiger partial charge in [0.1, 0.15) is 5.60 Å². The Bertz CT molecular complexity index is 565. The van der Waals surface area contributed by atoms with Crippen LogP contribution in [0.5, 0.6) is 0 Å². The van der Waals surface area contributed by atoms with E-state index in [-0.39, 0.29) is 11.5 Å². The van der Waals surface area contributed by atoms with Gasteiger partial charge in [-0.25, -0.2) is 4.79 Å². The number of benzene rings is 1. The van der Waals surface area contributed by atoms with Crippen molar-refractivity contribution in [1.29, 1.82) is 0 Å². The number of amides is 1. The number of carbonyl (C=O) groups is 1. The van der Waals surface area contributed by atoms with Crippen LogP contribution < -0.4 is 0 Å². The third-order valence-corrected chi connectivity index (χ3v) is 5.16. The second-order valence-corrected chi connectivity index (χ2v) is 8.69. The Labute approximate surface area is 142 Å². The van der Waals surface area contributed by atoms with Crippen LogP contribution in [0.2, 0.25) is 0 Å². The van der Waals surface area contributed by atoms with Crippen LogP contribution in [0.15, 0.2) is 29.2 Å². The fraction of sp³-hybridized carbons (Fsp3) is 0.611. The van der Waals surface area contributed by atoms with E-state index in [1.54, 1.807) is 4.90 Å². The number of aryl methyl sites for hydroxylation is 1. The first kappa shape index (κ1) is 16.7. The van der Waals surface area contributed by atoms with E-state index in [2.05, 4.69) is 31.2 Å². The summed E-state index contributed by atoms with van der Waals surface area (Å²) in [6.45, 7) is 9.38. The number of hydrogen-bond acceptors (Lipinski definition) is 4. The highest BCUT2D eigenvalue weighted by molar-refractivity contribution is 7.94. The van der Waals surface area contributed by atoms with Crippen LogP contribution in [0, 0.1) is 12.3 Å². The summed E-state index contributed by atoms with van der Waals surface area (Å²) >= 11 is 1.46. The molecule has 1 heterocycles. The minimum atomic E-state index is -0.421. The molecule has 2 aliphatic rings. The number of nitrogens with zero attached hydrogens (tertiary/aromatic N) is 1. The van der Waals surface area contributed by atoms with Gasteiger partial charge in [0, 0.05) is 35.4 Å². The van der Waals surface area contributed by atoms with Crippen LogP contribution in [0.1, 0.15) is 39.2 Å². The predicted molar refractivity (Wildman–Crippen MR) is 91.4 cm³/mol. The number of likely N-dealkylation sites (tertiary alicyclic amines) is 1. The van der Waals surface area contributed by atoms with Crippen molar-refractivity contribution >= 4 is 18.1 Å². The highest BCUT2D eigenvalue weighted by Crippen LogP contribution is 2.51. The Hall–Kier alpha value is -1.20. The molecule has 23 heavy (non-hydrogen) atoms. The lowest BCUT2D eigenvalue weighted by atomic mass is 9.62. The molecule has 2 fully saturated rings. The molecule has 0 aromatic heterocycles. The van der Waals surface area contributed by atoms with Crippen LogP contribution in [0.3, 0.4) is 0 Å². The van der Waals surface area contributed by atoms with Crippen molar-refractivity contribution in [2.75, 3.05) is 13.1 Å². The molecule has 1 amide bonds. The number of carbonyl (C=O) groups excluding carboxylic acids is 1. The zero-order chi connectivity index (χ0) is 16.7. The van der Waals surface area contributed by atoms with Crippen LogP contribution in [-0.4, -0.2) is 35.8 Å². The van der Waals surface area contributed by atoms with Crippen molar-refractivity contribution in [3.05, 3.63) is 29.8 Å². The van der Waals surface area contributed by atoms with Crippen molar-refractivity contribution in [3.8, 4) is 0 Å². The monoisotopic (exact) mass is 335 g/mol. The normalized spacial score (nSPS) is 20.1. The Balaban J connectivity index is 1.37. The highest BCUT2D eigenvalue weighted by Gasteiger charge is 2.55. The SMILES string of the molecule is Cc1ccc(SOC2CC3(C2)CN(C(=O)OC(C)(C)C)C3)cc1. The second kappa shape index (κ2) is 6.02. The topological polar surface area (TPSA) is 38.8 Å². The lowest BCUT2D eigenvalue weighted by Gasteiger charge is -2.57. The smallest absolute Gasteiger partial charge is 0.410 e. The van der Waals surface area contributed by atoms with Gasteiger partial charge in [-0.1, -0.05) is 17.7 Å². The number of hydrogen-bond donors (Lipinski definition) is 0. The second-order valence-electron chi connectivity index (χ2n) is 7.86. The Morgan fingerprint density at radius 1 is 1.22 bits per heavy atom. The van der Waals surface area contributed by atoms with Crippen LogP contribution >= 0.6 is 12.0 Å². The van der Waals surface area contributed by atoms with E-state index in [9.17, 15) is 4.79 Å². The van der Waals surface area contributed by atoms with Gasteiger partial charge in [-0.15, -0.1) is 0 Å². The summed E-state index contributed by atoms with van der Waals surface area (Å²) in [5, 5.41) is 0. The fourth-order valence-corrected chi connectivity index (χ4v) is 3.80. The molecule has 0 bridgehead atoms. The van der Waals surface area contributed by atoms with Crippen LogP contribution in [0.4, 0.5) is 4.79 Å². The maximum Gasteiger partial charge on any atom is 0.410 e. The molecule has 3 rings (SSSR count). The molecule has 1 aliphatic carbocycles. The first-order valence-corrected chi connectivity index (χ1v) is 8.87. The molecule has 1 aromatic rings. The first-order valence-electron chi connectivity index (χ1n) is 8.13. The number of ether oxygens (including phenoxy) is 1. The minimum Gasteiger partial charge on any atom is -0.444 e. The van der Waals surface area contributed by atoms with E-state index < -0.39 is 5.60 Å². The maximum absolute atomic E-state index is 12.0. The Morgan fingerprint density at radius 3 is 2.39 bits per heavy atom. The summed E-state index contributed by atoms with van der Waals surface area (Å²) in [5.41, 5.74) is 1.11. The molecule has 5 heteroatoms.